The van der Waals surface area contributed by atoms with Crippen LogP contribution >= 0.6 is 0 Å². The first-order chi connectivity index (χ1) is 10.9. The first-order valence-electron chi connectivity index (χ1n) is 8.25. The van der Waals surface area contributed by atoms with Crippen LogP contribution in [0.25, 0.3) is 0 Å². The Kier molecular flexibility index (Phi) is 5.64. The number of benzene rings is 1. The van der Waals surface area contributed by atoms with Gasteiger partial charge in [-0.15, -0.1) is 0 Å². The molecule has 2 rings (SSSR count). The molecule has 2 amide bonds. The average Bonchev–Trinajstić information content (AvgIpc) is 2.54. The maximum absolute atomic E-state index is 12.4. The maximum atomic E-state index is 12.4. The SMILES string of the molecule is CC(C)C(=O)N1CCC(C(=O)Nc2ccc(N(C)C)cc2)CC1. The van der Waals surface area contributed by atoms with E-state index in [4.69, 9.17) is 0 Å². The fourth-order valence-electron chi connectivity index (χ4n) is 2.81. The summed E-state index contributed by atoms with van der Waals surface area (Å²) < 4.78 is 0. The summed E-state index contributed by atoms with van der Waals surface area (Å²) in [5, 5.41) is 2.98. The number of rotatable bonds is 4. The van der Waals surface area contributed by atoms with E-state index in [2.05, 4.69) is 5.32 Å². The van der Waals surface area contributed by atoms with Gasteiger partial charge < -0.3 is 15.1 Å². The molecular weight excluding hydrogens is 290 g/mol. The lowest BCUT2D eigenvalue weighted by atomic mass is 9.95. The van der Waals surface area contributed by atoms with Gasteiger partial charge in [0.25, 0.3) is 0 Å². The molecule has 0 atom stereocenters. The molecule has 1 aromatic rings. The van der Waals surface area contributed by atoms with Gasteiger partial charge in [0.1, 0.15) is 0 Å². The Labute approximate surface area is 138 Å². The highest BCUT2D eigenvalue weighted by Gasteiger charge is 2.28. The number of nitrogens with zero attached hydrogens (tertiary/aromatic N) is 2. The van der Waals surface area contributed by atoms with Crippen LogP contribution in [0.1, 0.15) is 26.7 Å². The Hall–Kier alpha value is -2.04. The third-order valence-corrected chi connectivity index (χ3v) is 4.32. The molecule has 0 bridgehead atoms. The van der Waals surface area contributed by atoms with Crippen LogP contribution in [0.5, 0.6) is 0 Å². The normalized spacial score (nSPS) is 15.6. The predicted octanol–water partition coefficient (Wildman–Crippen LogP) is 2.59. The van der Waals surface area contributed by atoms with Crippen LogP contribution in [0.4, 0.5) is 11.4 Å². The van der Waals surface area contributed by atoms with E-state index in [0.29, 0.717) is 13.1 Å². The largest absolute Gasteiger partial charge is 0.378 e. The highest BCUT2D eigenvalue weighted by atomic mass is 16.2. The van der Waals surface area contributed by atoms with E-state index in [0.717, 1.165) is 24.2 Å². The molecule has 1 saturated heterocycles. The summed E-state index contributed by atoms with van der Waals surface area (Å²) in [6.07, 6.45) is 1.47. The van der Waals surface area contributed by atoms with E-state index >= 15 is 0 Å². The van der Waals surface area contributed by atoms with Crippen LogP contribution in [-0.4, -0.2) is 43.9 Å². The number of anilines is 2. The zero-order valence-electron chi connectivity index (χ0n) is 14.5. The molecule has 0 radical (unpaired) electrons. The van der Waals surface area contributed by atoms with Crippen molar-refractivity contribution in [3.8, 4) is 0 Å². The van der Waals surface area contributed by atoms with Gasteiger partial charge in [-0.25, -0.2) is 0 Å². The van der Waals surface area contributed by atoms with Crippen molar-refractivity contribution in [1.82, 2.24) is 4.90 Å². The molecule has 23 heavy (non-hydrogen) atoms. The lowest BCUT2D eigenvalue weighted by molar-refractivity contribution is -0.137. The molecule has 0 aromatic heterocycles. The van der Waals surface area contributed by atoms with Gasteiger partial charge in [-0.3, -0.25) is 9.59 Å². The average molecular weight is 317 g/mol. The van der Waals surface area contributed by atoms with Crippen LogP contribution in [0.15, 0.2) is 24.3 Å². The van der Waals surface area contributed by atoms with Crippen molar-refractivity contribution in [3.05, 3.63) is 24.3 Å². The van der Waals surface area contributed by atoms with Gasteiger partial charge in [0.15, 0.2) is 0 Å². The third kappa shape index (κ3) is 4.47. The van der Waals surface area contributed by atoms with E-state index in [1.54, 1.807) is 0 Å². The minimum absolute atomic E-state index is 0.0141. The fourth-order valence-corrected chi connectivity index (χ4v) is 2.81. The van der Waals surface area contributed by atoms with Crippen LogP contribution < -0.4 is 10.2 Å². The van der Waals surface area contributed by atoms with Crippen molar-refractivity contribution >= 4 is 23.2 Å². The molecule has 1 fully saturated rings. The summed E-state index contributed by atoms with van der Waals surface area (Å²) in [7, 11) is 3.97. The highest BCUT2D eigenvalue weighted by molar-refractivity contribution is 5.93. The molecule has 0 saturated carbocycles. The molecule has 0 spiro atoms. The molecular formula is C18H27N3O2. The third-order valence-electron chi connectivity index (χ3n) is 4.32. The number of amides is 2. The second-order valence-corrected chi connectivity index (χ2v) is 6.68. The van der Waals surface area contributed by atoms with Gasteiger partial charge >= 0.3 is 0 Å². The summed E-state index contributed by atoms with van der Waals surface area (Å²) in [6, 6.07) is 7.81. The Morgan fingerprint density at radius 1 is 1.13 bits per heavy atom. The van der Waals surface area contributed by atoms with Gasteiger partial charge in [0.05, 0.1) is 0 Å². The molecule has 1 aromatic carbocycles. The van der Waals surface area contributed by atoms with Crippen molar-refractivity contribution in [3.63, 3.8) is 0 Å². The Bertz CT molecular complexity index is 544. The second kappa shape index (κ2) is 7.49. The first-order valence-corrected chi connectivity index (χ1v) is 8.25. The smallest absolute Gasteiger partial charge is 0.227 e. The summed E-state index contributed by atoms with van der Waals surface area (Å²) in [5.41, 5.74) is 1.92. The molecule has 0 unspecified atom stereocenters. The molecule has 126 valence electrons. The first kappa shape index (κ1) is 17.3. The Morgan fingerprint density at radius 2 is 1.70 bits per heavy atom. The van der Waals surface area contributed by atoms with E-state index in [1.165, 1.54) is 0 Å². The van der Waals surface area contributed by atoms with Crippen LogP contribution in [0, 0.1) is 11.8 Å². The molecule has 5 heteroatoms. The summed E-state index contributed by atoms with van der Waals surface area (Å²) in [4.78, 5) is 28.2. The molecule has 0 aliphatic carbocycles. The lowest BCUT2D eigenvalue weighted by Gasteiger charge is -2.32. The standard InChI is InChI=1S/C18H27N3O2/c1-13(2)18(23)21-11-9-14(10-12-21)17(22)19-15-5-7-16(8-6-15)20(3)4/h5-8,13-14H,9-12H2,1-4H3,(H,19,22). The number of carbonyl (C=O) groups excluding carboxylic acids is 2. The van der Waals surface area contributed by atoms with E-state index in [-0.39, 0.29) is 23.7 Å². The van der Waals surface area contributed by atoms with Crippen molar-refractivity contribution in [2.45, 2.75) is 26.7 Å². The number of hydrogen-bond acceptors (Lipinski definition) is 3. The zero-order valence-corrected chi connectivity index (χ0v) is 14.5. The van der Waals surface area contributed by atoms with Crippen LogP contribution in [0.2, 0.25) is 0 Å². The minimum Gasteiger partial charge on any atom is -0.378 e. The topological polar surface area (TPSA) is 52.7 Å². The maximum Gasteiger partial charge on any atom is 0.227 e. The molecule has 1 aliphatic rings. The van der Waals surface area contributed by atoms with Crippen molar-refractivity contribution in [2.75, 3.05) is 37.4 Å². The number of piperidine rings is 1. The quantitative estimate of drug-likeness (QED) is 0.928. The van der Waals surface area contributed by atoms with Crippen molar-refractivity contribution in [2.24, 2.45) is 11.8 Å². The number of nitrogens with one attached hydrogen (secondary N) is 1. The van der Waals surface area contributed by atoms with E-state index < -0.39 is 0 Å². The van der Waals surface area contributed by atoms with Crippen LogP contribution in [0.3, 0.4) is 0 Å². The van der Waals surface area contributed by atoms with Gasteiger partial charge in [-0.05, 0) is 37.1 Å². The van der Waals surface area contributed by atoms with E-state index in [9.17, 15) is 9.59 Å². The minimum atomic E-state index is -0.0141. The molecule has 1 N–H and O–H groups in total. The molecule has 5 nitrogen and oxygen atoms in total. The van der Waals surface area contributed by atoms with Gasteiger partial charge in [-0.1, -0.05) is 13.8 Å². The fraction of sp³-hybridized carbons (Fsp3) is 0.556. The Morgan fingerprint density at radius 3 is 2.17 bits per heavy atom. The predicted molar refractivity (Wildman–Crippen MR) is 93.5 cm³/mol. The van der Waals surface area contributed by atoms with Crippen molar-refractivity contribution < 1.29 is 9.59 Å². The highest BCUT2D eigenvalue weighted by Crippen LogP contribution is 2.22. The summed E-state index contributed by atoms with van der Waals surface area (Å²) in [5.74, 6) is 0.248. The van der Waals surface area contributed by atoms with Gasteiger partial charge in [0.2, 0.25) is 11.8 Å². The lowest BCUT2D eigenvalue weighted by Crippen LogP contribution is -2.43. The number of carbonyl (C=O) groups is 2. The second-order valence-electron chi connectivity index (χ2n) is 6.68. The number of likely N-dealkylation sites (tertiary alicyclic amines) is 1. The monoisotopic (exact) mass is 317 g/mol. The summed E-state index contributed by atoms with van der Waals surface area (Å²) >= 11 is 0. The van der Waals surface area contributed by atoms with Gasteiger partial charge in [0, 0.05) is 50.4 Å². The zero-order chi connectivity index (χ0) is 17.0. The van der Waals surface area contributed by atoms with Gasteiger partial charge in [-0.2, -0.15) is 0 Å². The molecule has 1 aliphatic heterocycles. The number of hydrogen-bond donors (Lipinski definition) is 1. The van der Waals surface area contributed by atoms with Crippen LogP contribution in [-0.2, 0) is 9.59 Å². The summed E-state index contributed by atoms with van der Waals surface area (Å²) in [6.45, 7) is 5.18. The van der Waals surface area contributed by atoms with E-state index in [1.807, 2.05) is 62.0 Å². The Balaban J connectivity index is 1.86. The molecule has 1 heterocycles. The van der Waals surface area contributed by atoms with Crippen molar-refractivity contribution in [1.29, 1.82) is 0 Å².